The lowest BCUT2D eigenvalue weighted by atomic mass is 9.90. The summed E-state index contributed by atoms with van der Waals surface area (Å²) in [5, 5.41) is 3.54. The number of nitrogens with zero attached hydrogens (tertiary/aromatic N) is 1. The fourth-order valence-corrected chi connectivity index (χ4v) is 2.73. The monoisotopic (exact) mass is 270 g/mol. The van der Waals surface area contributed by atoms with Crippen molar-refractivity contribution in [1.82, 2.24) is 10.3 Å². The molecular formula is C16H18N2O2. The Morgan fingerprint density at radius 2 is 2.00 bits per heavy atom. The molecule has 2 aromatic rings. The predicted octanol–water partition coefficient (Wildman–Crippen LogP) is 2.33. The van der Waals surface area contributed by atoms with Crippen LogP contribution in [0.2, 0.25) is 0 Å². The Balaban J connectivity index is 2.08. The van der Waals surface area contributed by atoms with Gasteiger partial charge in [0.2, 0.25) is 0 Å². The molecule has 0 saturated carbocycles. The highest BCUT2D eigenvalue weighted by atomic mass is 16.5. The van der Waals surface area contributed by atoms with E-state index < -0.39 is 0 Å². The van der Waals surface area contributed by atoms with E-state index in [-0.39, 0.29) is 6.04 Å². The smallest absolute Gasteiger partial charge is 0.161 e. The van der Waals surface area contributed by atoms with Crippen molar-refractivity contribution in [1.29, 1.82) is 0 Å². The number of fused-ring (bicyclic) bond motifs is 1. The third-order valence-electron chi connectivity index (χ3n) is 3.72. The molecule has 104 valence electrons. The quantitative estimate of drug-likeness (QED) is 0.929. The summed E-state index contributed by atoms with van der Waals surface area (Å²) in [5.74, 6) is 1.56. The molecule has 0 unspecified atom stereocenters. The zero-order valence-electron chi connectivity index (χ0n) is 11.7. The molecule has 0 radical (unpaired) electrons. The minimum atomic E-state index is 0.159. The van der Waals surface area contributed by atoms with Gasteiger partial charge in [-0.3, -0.25) is 4.98 Å². The van der Waals surface area contributed by atoms with E-state index in [1.807, 2.05) is 12.3 Å². The highest BCUT2D eigenvalue weighted by Crippen LogP contribution is 2.37. The van der Waals surface area contributed by atoms with Crippen LogP contribution >= 0.6 is 0 Å². The molecule has 0 amide bonds. The first-order chi connectivity index (χ1) is 9.83. The fraction of sp³-hybridized carbons (Fsp3) is 0.312. The minimum Gasteiger partial charge on any atom is -0.493 e. The summed E-state index contributed by atoms with van der Waals surface area (Å²) >= 11 is 0. The topological polar surface area (TPSA) is 43.4 Å². The van der Waals surface area contributed by atoms with Crippen LogP contribution in [0.3, 0.4) is 0 Å². The standard InChI is InChI=1S/C16H18N2O2/c1-19-14-8-11-5-7-18-16(12-4-3-6-17-10-12)13(11)9-15(14)20-2/h3-4,6,8-10,16,18H,5,7H2,1-2H3/t16-/m0/s1. The van der Waals surface area contributed by atoms with Gasteiger partial charge < -0.3 is 14.8 Å². The second-order valence-corrected chi connectivity index (χ2v) is 4.83. The van der Waals surface area contributed by atoms with E-state index in [1.54, 1.807) is 20.4 Å². The van der Waals surface area contributed by atoms with Gasteiger partial charge in [-0.15, -0.1) is 0 Å². The number of hydrogen-bond donors (Lipinski definition) is 1. The van der Waals surface area contributed by atoms with Crippen molar-refractivity contribution in [3.8, 4) is 11.5 Å². The number of benzene rings is 1. The summed E-state index contributed by atoms with van der Waals surface area (Å²) in [6.45, 7) is 0.946. The Morgan fingerprint density at radius 1 is 1.20 bits per heavy atom. The van der Waals surface area contributed by atoms with Crippen LogP contribution in [0.25, 0.3) is 0 Å². The lowest BCUT2D eigenvalue weighted by molar-refractivity contribution is 0.353. The van der Waals surface area contributed by atoms with Gasteiger partial charge in [-0.1, -0.05) is 6.07 Å². The second-order valence-electron chi connectivity index (χ2n) is 4.83. The molecule has 0 bridgehead atoms. The van der Waals surface area contributed by atoms with Crippen LogP contribution in [-0.2, 0) is 6.42 Å². The Bertz CT molecular complexity index is 599. The van der Waals surface area contributed by atoms with Crippen molar-refractivity contribution in [3.63, 3.8) is 0 Å². The SMILES string of the molecule is COc1cc2c(cc1OC)[C@H](c1cccnc1)NCC2. The third kappa shape index (κ3) is 2.23. The van der Waals surface area contributed by atoms with Crippen LogP contribution in [-0.4, -0.2) is 25.7 Å². The lowest BCUT2D eigenvalue weighted by Gasteiger charge is -2.28. The van der Waals surface area contributed by atoms with Gasteiger partial charge in [0.05, 0.1) is 20.3 Å². The molecule has 1 atom stereocenters. The van der Waals surface area contributed by atoms with Gasteiger partial charge in [0.15, 0.2) is 11.5 Å². The highest BCUT2D eigenvalue weighted by Gasteiger charge is 2.23. The van der Waals surface area contributed by atoms with Crippen LogP contribution < -0.4 is 14.8 Å². The van der Waals surface area contributed by atoms with Gasteiger partial charge in [-0.05, 0) is 41.3 Å². The number of pyridine rings is 1. The van der Waals surface area contributed by atoms with Gasteiger partial charge in [-0.25, -0.2) is 0 Å². The van der Waals surface area contributed by atoms with E-state index in [0.29, 0.717) is 0 Å². The first-order valence-electron chi connectivity index (χ1n) is 6.71. The van der Waals surface area contributed by atoms with E-state index in [2.05, 4.69) is 28.5 Å². The van der Waals surface area contributed by atoms with Gasteiger partial charge in [-0.2, -0.15) is 0 Å². The number of rotatable bonds is 3. The molecule has 0 aliphatic carbocycles. The molecule has 0 saturated heterocycles. The fourth-order valence-electron chi connectivity index (χ4n) is 2.73. The van der Waals surface area contributed by atoms with E-state index in [9.17, 15) is 0 Å². The van der Waals surface area contributed by atoms with Crippen LogP contribution in [0.5, 0.6) is 11.5 Å². The summed E-state index contributed by atoms with van der Waals surface area (Å²) in [7, 11) is 3.34. The van der Waals surface area contributed by atoms with E-state index >= 15 is 0 Å². The van der Waals surface area contributed by atoms with Gasteiger partial charge in [0.1, 0.15) is 0 Å². The summed E-state index contributed by atoms with van der Waals surface area (Å²) in [5.41, 5.74) is 3.71. The average Bonchev–Trinajstić information content (AvgIpc) is 2.53. The summed E-state index contributed by atoms with van der Waals surface area (Å²) in [6.07, 6.45) is 4.69. The molecule has 2 heterocycles. The van der Waals surface area contributed by atoms with Crippen LogP contribution in [0.4, 0.5) is 0 Å². The molecule has 1 aliphatic rings. The van der Waals surface area contributed by atoms with Crippen molar-refractivity contribution in [2.75, 3.05) is 20.8 Å². The zero-order chi connectivity index (χ0) is 13.9. The van der Waals surface area contributed by atoms with Crippen LogP contribution in [0, 0.1) is 0 Å². The summed E-state index contributed by atoms with van der Waals surface area (Å²) in [4.78, 5) is 4.21. The van der Waals surface area contributed by atoms with Crippen molar-refractivity contribution in [2.45, 2.75) is 12.5 Å². The van der Waals surface area contributed by atoms with Gasteiger partial charge >= 0.3 is 0 Å². The molecule has 3 rings (SSSR count). The van der Waals surface area contributed by atoms with E-state index in [1.165, 1.54) is 16.7 Å². The molecule has 1 aromatic carbocycles. The summed E-state index contributed by atoms with van der Waals surface area (Å²) < 4.78 is 10.8. The van der Waals surface area contributed by atoms with E-state index in [4.69, 9.17) is 9.47 Å². The number of nitrogens with one attached hydrogen (secondary N) is 1. The normalized spacial score (nSPS) is 17.4. The molecule has 1 aromatic heterocycles. The zero-order valence-corrected chi connectivity index (χ0v) is 11.7. The molecule has 0 fully saturated rings. The van der Waals surface area contributed by atoms with Gasteiger partial charge in [0, 0.05) is 18.9 Å². The number of aromatic nitrogens is 1. The molecule has 0 spiro atoms. The molecule has 20 heavy (non-hydrogen) atoms. The van der Waals surface area contributed by atoms with Crippen molar-refractivity contribution in [3.05, 3.63) is 53.3 Å². The third-order valence-corrected chi connectivity index (χ3v) is 3.72. The average molecular weight is 270 g/mol. The Kier molecular flexibility index (Phi) is 3.56. The molecular weight excluding hydrogens is 252 g/mol. The maximum Gasteiger partial charge on any atom is 0.161 e. The first-order valence-corrected chi connectivity index (χ1v) is 6.71. The number of methoxy groups -OCH3 is 2. The van der Waals surface area contributed by atoms with Crippen LogP contribution in [0.15, 0.2) is 36.7 Å². The van der Waals surface area contributed by atoms with E-state index in [0.717, 1.165) is 24.5 Å². The maximum absolute atomic E-state index is 5.42. The highest BCUT2D eigenvalue weighted by molar-refractivity contribution is 5.51. The number of ether oxygens (including phenoxy) is 2. The maximum atomic E-state index is 5.42. The van der Waals surface area contributed by atoms with Crippen molar-refractivity contribution < 1.29 is 9.47 Å². The summed E-state index contributed by atoms with van der Waals surface area (Å²) in [6, 6.07) is 8.37. The Hall–Kier alpha value is -2.07. The largest absolute Gasteiger partial charge is 0.493 e. The minimum absolute atomic E-state index is 0.159. The second kappa shape index (κ2) is 5.51. The van der Waals surface area contributed by atoms with Gasteiger partial charge in [0.25, 0.3) is 0 Å². The first kappa shape index (κ1) is 12.9. The molecule has 1 aliphatic heterocycles. The molecule has 4 nitrogen and oxygen atoms in total. The predicted molar refractivity (Wildman–Crippen MR) is 77.3 cm³/mol. The van der Waals surface area contributed by atoms with Crippen LogP contribution in [0.1, 0.15) is 22.7 Å². The van der Waals surface area contributed by atoms with Crippen molar-refractivity contribution >= 4 is 0 Å². The molecule has 4 heteroatoms. The Labute approximate surface area is 118 Å². The lowest BCUT2D eigenvalue weighted by Crippen LogP contribution is -2.30. The molecule has 1 N–H and O–H groups in total. The number of hydrogen-bond acceptors (Lipinski definition) is 4. The van der Waals surface area contributed by atoms with Crippen molar-refractivity contribution in [2.24, 2.45) is 0 Å². The Morgan fingerprint density at radius 3 is 2.70 bits per heavy atom.